The van der Waals surface area contributed by atoms with Crippen molar-refractivity contribution in [3.63, 3.8) is 0 Å². The van der Waals surface area contributed by atoms with E-state index in [2.05, 4.69) is 20.3 Å². The number of rotatable bonds is 2. The highest BCUT2D eigenvalue weighted by Crippen LogP contribution is 2.23. The molecule has 2 aromatic heterocycles. The van der Waals surface area contributed by atoms with Crippen LogP contribution < -0.4 is 5.32 Å². The molecule has 1 aliphatic rings. The minimum atomic E-state index is 0.320. The molecule has 0 amide bonds. The molecule has 94 valence electrons. The Labute approximate surface area is 110 Å². The lowest BCUT2D eigenvalue weighted by molar-refractivity contribution is 0.195. The van der Waals surface area contributed by atoms with E-state index in [1.165, 1.54) is 0 Å². The Bertz CT molecular complexity index is 584. The Morgan fingerprint density at radius 2 is 2.33 bits per heavy atom. The van der Waals surface area contributed by atoms with E-state index in [-0.39, 0.29) is 0 Å². The van der Waals surface area contributed by atoms with Gasteiger partial charge in [-0.15, -0.1) is 0 Å². The lowest BCUT2D eigenvalue weighted by Gasteiger charge is -2.11. The summed E-state index contributed by atoms with van der Waals surface area (Å²) < 4.78 is 5.32. The monoisotopic (exact) mass is 264 g/mol. The SMILES string of the molecule is Cc1nc(Cl)c2cc(NC3CCOC3)ncc2n1. The number of nitrogens with zero attached hydrogens (tertiary/aromatic N) is 3. The van der Waals surface area contributed by atoms with Crippen LogP contribution in [0.3, 0.4) is 0 Å². The molecule has 5 nitrogen and oxygen atoms in total. The molecule has 6 heteroatoms. The summed E-state index contributed by atoms with van der Waals surface area (Å²) >= 11 is 6.12. The molecular weight excluding hydrogens is 252 g/mol. The number of aryl methyl sites for hydroxylation is 1. The lowest BCUT2D eigenvalue weighted by Crippen LogP contribution is -2.19. The van der Waals surface area contributed by atoms with Crippen molar-refractivity contribution in [2.75, 3.05) is 18.5 Å². The van der Waals surface area contributed by atoms with Gasteiger partial charge in [0.2, 0.25) is 0 Å². The van der Waals surface area contributed by atoms with Crippen molar-refractivity contribution < 1.29 is 4.74 Å². The Hall–Kier alpha value is -1.46. The van der Waals surface area contributed by atoms with Gasteiger partial charge >= 0.3 is 0 Å². The van der Waals surface area contributed by atoms with E-state index >= 15 is 0 Å². The predicted octanol–water partition coefficient (Wildman–Crippen LogP) is 2.19. The third kappa shape index (κ3) is 2.23. The summed E-state index contributed by atoms with van der Waals surface area (Å²) in [6.45, 7) is 3.33. The fourth-order valence-corrected chi connectivity index (χ4v) is 2.31. The van der Waals surface area contributed by atoms with E-state index in [9.17, 15) is 0 Å². The van der Waals surface area contributed by atoms with E-state index in [0.717, 1.165) is 36.4 Å². The van der Waals surface area contributed by atoms with Gasteiger partial charge in [-0.25, -0.2) is 15.0 Å². The maximum absolute atomic E-state index is 6.12. The number of nitrogens with one attached hydrogen (secondary N) is 1. The predicted molar refractivity (Wildman–Crippen MR) is 69.9 cm³/mol. The molecule has 18 heavy (non-hydrogen) atoms. The first kappa shape index (κ1) is 11.6. The van der Waals surface area contributed by atoms with Crippen molar-refractivity contribution in [3.8, 4) is 0 Å². The summed E-state index contributed by atoms with van der Waals surface area (Å²) in [5.41, 5.74) is 0.765. The lowest BCUT2D eigenvalue weighted by atomic mass is 10.2. The van der Waals surface area contributed by atoms with Gasteiger partial charge in [0.15, 0.2) is 0 Å². The number of aromatic nitrogens is 3. The summed E-state index contributed by atoms with van der Waals surface area (Å²) in [6, 6.07) is 2.20. The topological polar surface area (TPSA) is 59.9 Å². The van der Waals surface area contributed by atoms with Crippen molar-refractivity contribution in [2.45, 2.75) is 19.4 Å². The zero-order valence-corrected chi connectivity index (χ0v) is 10.7. The van der Waals surface area contributed by atoms with Gasteiger partial charge in [-0.1, -0.05) is 11.6 Å². The van der Waals surface area contributed by atoms with Gasteiger partial charge in [0.1, 0.15) is 16.8 Å². The Morgan fingerprint density at radius 3 is 3.11 bits per heavy atom. The number of hydrogen-bond acceptors (Lipinski definition) is 5. The van der Waals surface area contributed by atoms with Crippen molar-refractivity contribution in [1.29, 1.82) is 0 Å². The van der Waals surface area contributed by atoms with Crippen molar-refractivity contribution >= 4 is 28.3 Å². The van der Waals surface area contributed by atoms with Crippen LogP contribution in [0.2, 0.25) is 5.15 Å². The van der Waals surface area contributed by atoms with Gasteiger partial charge in [-0.3, -0.25) is 0 Å². The summed E-state index contributed by atoms with van der Waals surface area (Å²) in [4.78, 5) is 12.8. The van der Waals surface area contributed by atoms with Gasteiger partial charge in [0.25, 0.3) is 0 Å². The third-order valence-corrected chi connectivity index (χ3v) is 3.22. The Kier molecular flexibility index (Phi) is 3.01. The second-order valence-electron chi connectivity index (χ2n) is 4.35. The van der Waals surface area contributed by atoms with Crippen LogP contribution >= 0.6 is 11.6 Å². The number of ether oxygens (including phenoxy) is 1. The van der Waals surface area contributed by atoms with Crippen LogP contribution in [0.1, 0.15) is 12.2 Å². The van der Waals surface area contributed by atoms with Crippen LogP contribution in [0.5, 0.6) is 0 Å². The molecule has 0 radical (unpaired) electrons. The van der Waals surface area contributed by atoms with Crippen LogP contribution in [0.4, 0.5) is 5.82 Å². The Balaban J connectivity index is 1.94. The molecule has 0 aromatic carbocycles. The quantitative estimate of drug-likeness (QED) is 0.843. The number of fused-ring (bicyclic) bond motifs is 1. The normalized spacial score (nSPS) is 19.3. The zero-order chi connectivity index (χ0) is 12.5. The molecule has 1 N–H and O–H groups in total. The van der Waals surface area contributed by atoms with E-state index in [0.29, 0.717) is 17.0 Å². The molecule has 1 saturated heterocycles. The first-order chi connectivity index (χ1) is 8.72. The third-order valence-electron chi connectivity index (χ3n) is 2.93. The maximum Gasteiger partial charge on any atom is 0.140 e. The summed E-state index contributed by atoms with van der Waals surface area (Å²) in [6.07, 6.45) is 2.71. The molecule has 2 aromatic rings. The van der Waals surface area contributed by atoms with Crippen LogP contribution in [-0.4, -0.2) is 34.2 Å². The van der Waals surface area contributed by atoms with Crippen LogP contribution in [0.25, 0.3) is 10.9 Å². The zero-order valence-electron chi connectivity index (χ0n) is 9.98. The number of anilines is 1. The van der Waals surface area contributed by atoms with Crippen molar-refractivity contribution in [1.82, 2.24) is 15.0 Å². The van der Waals surface area contributed by atoms with Crippen LogP contribution in [0.15, 0.2) is 12.3 Å². The molecule has 1 aliphatic heterocycles. The second kappa shape index (κ2) is 4.66. The maximum atomic E-state index is 6.12. The van der Waals surface area contributed by atoms with E-state index in [4.69, 9.17) is 16.3 Å². The average molecular weight is 265 g/mol. The average Bonchev–Trinajstić information content (AvgIpc) is 2.83. The van der Waals surface area contributed by atoms with E-state index in [1.54, 1.807) is 6.20 Å². The molecule has 0 bridgehead atoms. The smallest absolute Gasteiger partial charge is 0.140 e. The van der Waals surface area contributed by atoms with Gasteiger partial charge < -0.3 is 10.1 Å². The fraction of sp³-hybridized carbons (Fsp3) is 0.417. The molecule has 1 atom stereocenters. The first-order valence-electron chi connectivity index (χ1n) is 5.86. The second-order valence-corrected chi connectivity index (χ2v) is 4.71. The minimum Gasteiger partial charge on any atom is -0.379 e. The summed E-state index contributed by atoms with van der Waals surface area (Å²) in [5.74, 6) is 1.44. The van der Waals surface area contributed by atoms with Crippen LogP contribution in [-0.2, 0) is 4.74 Å². The number of hydrogen-bond donors (Lipinski definition) is 1. The molecule has 0 spiro atoms. The number of halogens is 1. The van der Waals surface area contributed by atoms with Gasteiger partial charge in [0.05, 0.1) is 24.4 Å². The van der Waals surface area contributed by atoms with Gasteiger partial charge in [-0.2, -0.15) is 0 Å². The van der Waals surface area contributed by atoms with E-state index in [1.807, 2.05) is 13.0 Å². The standard InChI is InChI=1S/C12H13ClN4O/c1-7-15-10-5-14-11(4-9(10)12(13)16-7)17-8-2-3-18-6-8/h4-5,8H,2-3,6H2,1H3,(H,14,17). The first-order valence-corrected chi connectivity index (χ1v) is 6.24. The molecular formula is C12H13ClN4O. The summed E-state index contributed by atoms with van der Waals surface area (Å²) in [5, 5.41) is 4.61. The van der Waals surface area contributed by atoms with Gasteiger partial charge in [-0.05, 0) is 19.4 Å². The highest BCUT2D eigenvalue weighted by Gasteiger charge is 2.16. The van der Waals surface area contributed by atoms with Crippen molar-refractivity contribution in [3.05, 3.63) is 23.2 Å². The molecule has 1 fully saturated rings. The fourth-order valence-electron chi connectivity index (χ4n) is 2.04. The number of pyridine rings is 1. The molecule has 3 rings (SSSR count). The van der Waals surface area contributed by atoms with Crippen molar-refractivity contribution in [2.24, 2.45) is 0 Å². The molecule has 1 unspecified atom stereocenters. The summed E-state index contributed by atoms with van der Waals surface area (Å²) in [7, 11) is 0. The molecule has 0 saturated carbocycles. The molecule has 3 heterocycles. The van der Waals surface area contributed by atoms with Gasteiger partial charge in [0, 0.05) is 12.0 Å². The molecule has 0 aliphatic carbocycles. The highest BCUT2D eigenvalue weighted by molar-refractivity contribution is 6.34. The highest BCUT2D eigenvalue weighted by atomic mass is 35.5. The minimum absolute atomic E-state index is 0.320. The van der Waals surface area contributed by atoms with E-state index < -0.39 is 0 Å². The Morgan fingerprint density at radius 1 is 1.44 bits per heavy atom. The largest absolute Gasteiger partial charge is 0.379 e. The van der Waals surface area contributed by atoms with Crippen LogP contribution in [0, 0.1) is 6.92 Å².